The Morgan fingerprint density at radius 1 is 1.40 bits per heavy atom. The number of hydrogen-bond acceptors (Lipinski definition) is 1. The zero-order valence-corrected chi connectivity index (χ0v) is 9.39. The van der Waals surface area contributed by atoms with Gasteiger partial charge in [-0.25, -0.2) is 8.78 Å². The molecule has 1 nitrogen and oxygen atoms in total. The summed E-state index contributed by atoms with van der Waals surface area (Å²) in [6.45, 7) is 4.06. The lowest BCUT2D eigenvalue weighted by molar-refractivity contribution is 0.141. The van der Waals surface area contributed by atoms with Gasteiger partial charge in [-0.3, -0.25) is 0 Å². The minimum Gasteiger partial charge on any atom is -0.494 e. The Morgan fingerprint density at radius 3 is 2.60 bits per heavy atom. The number of alkyl halides is 3. The van der Waals surface area contributed by atoms with Gasteiger partial charge in [0.15, 0.2) is 0 Å². The van der Waals surface area contributed by atoms with E-state index >= 15 is 0 Å². The topological polar surface area (TPSA) is 9.23 Å². The van der Waals surface area contributed by atoms with Crippen LogP contribution in [0.1, 0.15) is 23.4 Å². The molecule has 1 unspecified atom stereocenters. The zero-order valence-electron chi connectivity index (χ0n) is 8.64. The predicted molar refractivity (Wildman–Crippen MR) is 56.9 cm³/mol. The fourth-order valence-electron chi connectivity index (χ4n) is 1.31. The van der Waals surface area contributed by atoms with E-state index in [0.29, 0.717) is 17.9 Å². The van der Waals surface area contributed by atoms with Crippen LogP contribution in [-0.2, 0) is 0 Å². The van der Waals surface area contributed by atoms with Crippen LogP contribution in [0.2, 0.25) is 0 Å². The molecule has 0 amide bonds. The molecule has 0 heterocycles. The van der Waals surface area contributed by atoms with E-state index in [1.807, 2.05) is 13.0 Å². The maximum atomic E-state index is 12.5. The largest absolute Gasteiger partial charge is 0.494 e. The number of hydrogen-bond donors (Lipinski definition) is 0. The summed E-state index contributed by atoms with van der Waals surface area (Å²) in [7, 11) is 0. The molecule has 0 radical (unpaired) electrons. The third kappa shape index (κ3) is 3.06. The van der Waals surface area contributed by atoms with Crippen molar-refractivity contribution < 1.29 is 13.5 Å². The summed E-state index contributed by atoms with van der Waals surface area (Å²) >= 11 is 5.62. The molecular formula is C11H13ClF2O. The van der Waals surface area contributed by atoms with Gasteiger partial charge < -0.3 is 4.74 Å². The molecule has 0 aliphatic carbocycles. The normalized spacial score (nSPS) is 12.9. The van der Waals surface area contributed by atoms with E-state index in [0.717, 1.165) is 5.56 Å². The van der Waals surface area contributed by atoms with Crippen molar-refractivity contribution in [1.29, 1.82) is 0 Å². The Hall–Kier alpha value is -0.830. The van der Waals surface area contributed by atoms with Crippen molar-refractivity contribution >= 4 is 11.6 Å². The highest BCUT2D eigenvalue weighted by Crippen LogP contribution is 2.34. The van der Waals surface area contributed by atoms with Gasteiger partial charge in [0, 0.05) is 5.56 Å². The first kappa shape index (κ1) is 12.2. The molecule has 0 spiro atoms. The SMILES string of the molecule is CCOc1ccc(C)cc1C(Cl)C(F)F. The fraction of sp³-hybridized carbons (Fsp3) is 0.455. The van der Waals surface area contributed by atoms with Crippen molar-refractivity contribution in [3.05, 3.63) is 29.3 Å². The van der Waals surface area contributed by atoms with E-state index in [1.54, 1.807) is 19.1 Å². The molecule has 0 aliphatic heterocycles. The van der Waals surface area contributed by atoms with E-state index in [2.05, 4.69) is 0 Å². The minimum absolute atomic E-state index is 0.355. The van der Waals surface area contributed by atoms with Crippen LogP contribution < -0.4 is 4.74 Å². The van der Waals surface area contributed by atoms with Crippen LogP contribution in [-0.4, -0.2) is 13.0 Å². The Bertz CT molecular complexity index is 328. The quantitative estimate of drug-likeness (QED) is 0.717. The zero-order chi connectivity index (χ0) is 11.4. The molecule has 0 fully saturated rings. The molecule has 1 aromatic carbocycles. The van der Waals surface area contributed by atoms with Crippen LogP contribution >= 0.6 is 11.6 Å². The van der Waals surface area contributed by atoms with Gasteiger partial charge in [-0.1, -0.05) is 17.7 Å². The van der Waals surface area contributed by atoms with Crippen LogP contribution in [0.25, 0.3) is 0 Å². The predicted octanol–water partition coefficient (Wildman–Crippen LogP) is 3.94. The lowest BCUT2D eigenvalue weighted by Crippen LogP contribution is -2.05. The molecule has 4 heteroatoms. The van der Waals surface area contributed by atoms with Gasteiger partial charge in [0.25, 0.3) is 6.43 Å². The third-order valence-corrected chi connectivity index (χ3v) is 2.41. The first-order valence-electron chi connectivity index (χ1n) is 4.71. The average Bonchev–Trinajstić information content (AvgIpc) is 2.20. The summed E-state index contributed by atoms with van der Waals surface area (Å²) in [5.41, 5.74) is 1.24. The van der Waals surface area contributed by atoms with Gasteiger partial charge in [0.1, 0.15) is 11.1 Å². The number of aryl methyl sites for hydroxylation is 1. The van der Waals surface area contributed by atoms with Crippen LogP contribution in [0.5, 0.6) is 5.75 Å². The summed E-state index contributed by atoms with van der Waals surface area (Å²) in [6.07, 6.45) is -2.59. The van der Waals surface area contributed by atoms with E-state index in [-0.39, 0.29) is 0 Å². The van der Waals surface area contributed by atoms with Crippen molar-refractivity contribution in [2.75, 3.05) is 6.61 Å². The smallest absolute Gasteiger partial charge is 0.258 e. The van der Waals surface area contributed by atoms with Crippen molar-refractivity contribution in [3.63, 3.8) is 0 Å². The molecule has 1 atom stereocenters. The highest BCUT2D eigenvalue weighted by Gasteiger charge is 2.23. The number of halogens is 3. The van der Waals surface area contributed by atoms with E-state index in [1.165, 1.54) is 0 Å². The van der Waals surface area contributed by atoms with E-state index < -0.39 is 11.8 Å². The highest BCUT2D eigenvalue weighted by molar-refractivity contribution is 6.21. The molecule has 0 aliphatic rings. The third-order valence-electron chi connectivity index (χ3n) is 1.98. The van der Waals surface area contributed by atoms with Crippen LogP contribution in [0.4, 0.5) is 8.78 Å². The second kappa shape index (κ2) is 5.31. The second-order valence-corrected chi connectivity index (χ2v) is 3.68. The highest BCUT2D eigenvalue weighted by atomic mass is 35.5. The van der Waals surface area contributed by atoms with E-state index in [9.17, 15) is 8.78 Å². The summed E-state index contributed by atoms with van der Waals surface area (Å²) in [5.74, 6) is 0.434. The molecule has 84 valence electrons. The van der Waals surface area contributed by atoms with Gasteiger partial charge in [-0.15, -0.1) is 11.6 Å². The number of ether oxygens (including phenoxy) is 1. The van der Waals surface area contributed by atoms with Gasteiger partial charge in [-0.05, 0) is 19.9 Å². The summed E-state index contributed by atoms with van der Waals surface area (Å²) in [5, 5.41) is -1.31. The van der Waals surface area contributed by atoms with Crippen molar-refractivity contribution in [2.24, 2.45) is 0 Å². The molecule has 1 rings (SSSR count). The Balaban J connectivity index is 3.06. The molecule has 0 aromatic heterocycles. The van der Waals surface area contributed by atoms with Gasteiger partial charge >= 0.3 is 0 Å². The second-order valence-electron chi connectivity index (χ2n) is 3.21. The Labute approximate surface area is 93.0 Å². The Morgan fingerprint density at radius 2 is 2.07 bits per heavy atom. The molecule has 15 heavy (non-hydrogen) atoms. The lowest BCUT2D eigenvalue weighted by atomic mass is 10.1. The van der Waals surface area contributed by atoms with Crippen molar-refractivity contribution in [2.45, 2.75) is 25.7 Å². The fourth-order valence-corrected chi connectivity index (χ4v) is 1.48. The van der Waals surface area contributed by atoms with Crippen molar-refractivity contribution in [3.8, 4) is 5.75 Å². The number of rotatable bonds is 4. The summed E-state index contributed by atoms with van der Waals surface area (Å²) in [4.78, 5) is 0. The summed E-state index contributed by atoms with van der Waals surface area (Å²) < 4.78 is 30.2. The van der Waals surface area contributed by atoms with Crippen LogP contribution in [0.15, 0.2) is 18.2 Å². The first-order chi connectivity index (χ1) is 7.06. The molecular weight excluding hydrogens is 222 g/mol. The maximum absolute atomic E-state index is 12.5. The Kier molecular flexibility index (Phi) is 4.33. The van der Waals surface area contributed by atoms with Crippen LogP contribution in [0.3, 0.4) is 0 Å². The number of benzene rings is 1. The van der Waals surface area contributed by atoms with Gasteiger partial charge in [0.2, 0.25) is 0 Å². The molecule has 1 aromatic rings. The minimum atomic E-state index is -2.59. The summed E-state index contributed by atoms with van der Waals surface area (Å²) in [6, 6.07) is 5.12. The van der Waals surface area contributed by atoms with E-state index in [4.69, 9.17) is 16.3 Å². The molecule has 0 bridgehead atoms. The molecule has 0 saturated heterocycles. The maximum Gasteiger partial charge on any atom is 0.258 e. The molecule has 0 saturated carbocycles. The van der Waals surface area contributed by atoms with Gasteiger partial charge in [0.05, 0.1) is 6.61 Å². The van der Waals surface area contributed by atoms with Crippen molar-refractivity contribution in [1.82, 2.24) is 0 Å². The lowest BCUT2D eigenvalue weighted by Gasteiger charge is -2.14. The first-order valence-corrected chi connectivity index (χ1v) is 5.15. The molecule has 0 N–H and O–H groups in total. The monoisotopic (exact) mass is 234 g/mol. The standard InChI is InChI=1S/C11H13ClF2O/c1-3-15-9-5-4-7(2)6-8(9)10(12)11(13)14/h4-6,10-11H,3H2,1-2H3. The van der Waals surface area contributed by atoms with Crippen LogP contribution in [0, 0.1) is 6.92 Å². The average molecular weight is 235 g/mol. The van der Waals surface area contributed by atoms with Gasteiger partial charge in [-0.2, -0.15) is 0 Å².